The number of hydrogen-bond acceptors (Lipinski definition) is 4. The lowest BCUT2D eigenvalue weighted by atomic mass is 10.1. The third kappa shape index (κ3) is 7.26. The van der Waals surface area contributed by atoms with Gasteiger partial charge in [0.2, 0.25) is 0 Å². The predicted molar refractivity (Wildman–Crippen MR) is 81.2 cm³/mol. The molecule has 5 heteroatoms. The summed E-state index contributed by atoms with van der Waals surface area (Å²) in [4.78, 5) is 22.7. The topological polar surface area (TPSA) is 55.4 Å². The van der Waals surface area contributed by atoms with Gasteiger partial charge in [0.05, 0.1) is 6.54 Å². The average molecular weight is 300 g/mol. The van der Waals surface area contributed by atoms with Crippen LogP contribution in [0.5, 0.6) is 0 Å². The van der Waals surface area contributed by atoms with E-state index in [1.54, 1.807) is 6.07 Å². The summed E-state index contributed by atoms with van der Waals surface area (Å²) in [5.41, 5.74) is 1.18. The van der Waals surface area contributed by atoms with E-state index in [1.807, 2.05) is 39.0 Å². The molecule has 0 unspecified atom stereocenters. The highest BCUT2D eigenvalue weighted by Gasteiger charge is 2.15. The lowest BCUT2D eigenvalue weighted by molar-refractivity contribution is -0.153. The molecule has 0 saturated carbocycles. The molecule has 1 aromatic carbocycles. The zero-order valence-corrected chi connectivity index (χ0v) is 13.2. The minimum Gasteiger partial charge on any atom is -0.459 e. The number of halogens is 1. The van der Waals surface area contributed by atoms with E-state index in [-0.39, 0.29) is 30.7 Å². The first-order valence-corrected chi connectivity index (χ1v) is 6.30. The quantitative estimate of drug-likeness (QED) is 0.671. The van der Waals surface area contributed by atoms with Crippen molar-refractivity contribution in [3.8, 4) is 0 Å². The second kappa shape index (κ2) is 8.02. The Balaban J connectivity index is 0.00000361. The van der Waals surface area contributed by atoms with Gasteiger partial charge in [0.1, 0.15) is 5.60 Å². The van der Waals surface area contributed by atoms with Gasteiger partial charge in [0.15, 0.2) is 5.78 Å². The summed E-state index contributed by atoms with van der Waals surface area (Å²) in [5.74, 6) is -0.246. The van der Waals surface area contributed by atoms with Crippen molar-refractivity contribution < 1.29 is 14.3 Å². The highest BCUT2D eigenvalue weighted by atomic mass is 35.5. The monoisotopic (exact) mass is 299 g/mol. The van der Waals surface area contributed by atoms with Crippen LogP contribution in [0.15, 0.2) is 24.3 Å². The Morgan fingerprint density at radius 1 is 1.25 bits per heavy atom. The Kier molecular flexibility index (Phi) is 7.46. The SMILES string of the molecule is CC(=O)c1cccc(CNCC(=O)OC(C)(C)C)c1.Cl. The number of rotatable bonds is 5. The molecule has 0 amide bonds. The van der Waals surface area contributed by atoms with Crippen LogP contribution in [0.1, 0.15) is 43.6 Å². The van der Waals surface area contributed by atoms with E-state index in [2.05, 4.69) is 5.32 Å². The lowest BCUT2D eigenvalue weighted by Crippen LogP contribution is -2.31. The fraction of sp³-hybridized carbons (Fsp3) is 0.467. The Morgan fingerprint density at radius 2 is 1.90 bits per heavy atom. The number of carbonyl (C=O) groups excluding carboxylic acids is 2. The van der Waals surface area contributed by atoms with E-state index in [9.17, 15) is 9.59 Å². The first-order valence-electron chi connectivity index (χ1n) is 6.30. The van der Waals surface area contributed by atoms with Crippen LogP contribution in [0.2, 0.25) is 0 Å². The van der Waals surface area contributed by atoms with Gasteiger partial charge >= 0.3 is 5.97 Å². The molecule has 0 aliphatic carbocycles. The summed E-state index contributed by atoms with van der Waals surface area (Å²) in [5, 5.41) is 3.00. The van der Waals surface area contributed by atoms with Gasteiger partial charge in [-0.25, -0.2) is 0 Å². The average Bonchev–Trinajstić information content (AvgIpc) is 2.27. The number of hydrogen-bond donors (Lipinski definition) is 1. The van der Waals surface area contributed by atoms with Crippen molar-refractivity contribution in [1.82, 2.24) is 5.32 Å². The van der Waals surface area contributed by atoms with Crippen LogP contribution in [0.25, 0.3) is 0 Å². The molecule has 0 radical (unpaired) electrons. The number of Topliss-reactive ketones (excluding diaryl/α,β-unsaturated/α-hetero) is 1. The van der Waals surface area contributed by atoms with Gasteiger partial charge in [-0.05, 0) is 39.3 Å². The molecule has 0 bridgehead atoms. The van der Waals surface area contributed by atoms with Gasteiger partial charge in [-0.3, -0.25) is 9.59 Å². The van der Waals surface area contributed by atoms with Crippen molar-refractivity contribution in [3.63, 3.8) is 0 Å². The minimum atomic E-state index is -0.465. The van der Waals surface area contributed by atoms with E-state index >= 15 is 0 Å². The maximum Gasteiger partial charge on any atom is 0.320 e. The maximum atomic E-state index is 11.5. The molecule has 0 aliphatic rings. The molecule has 0 spiro atoms. The van der Waals surface area contributed by atoms with E-state index in [0.717, 1.165) is 5.56 Å². The van der Waals surface area contributed by atoms with Gasteiger partial charge < -0.3 is 10.1 Å². The minimum absolute atomic E-state index is 0. The van der Waals surface area contributed by atoms with E-state index in [1.165, 1.54) is 6.92 Å². The van der Waals surface area contributed by atoms with Crippen molar-refractivity contribution in [3.05, 3.63) is 35.4 Å². The molecule has 0 heterocycles. The summed E-state index contributed by atoms with van der Waals surface area (Å²) >= 11 is 0. The molecule has 4 nitrogen and oxygen atoms in total. The third-order valence-electron chi connectivity index (χ3n) is 2.35. The fourth-order valence-electron chi connectivity index (χ4n) is 1.59. The molecule has 1 aromatic rings. The first-order chi connectivity index (χ1) is 8.78. The lowest BCUT2D eigenvalue weighted by Gasteiger charge is -2.19. The Morgan fingerprint density at radius 3 is 2.45 bits per heavy atom. The van der Waals surface area contributed by atoms with E-state index < -0.39 is 5.60 Å². The number of ketones is 1. The normalized spacial score (nSPS) is 10.6. The Labute approximate surface area is 126 Å². The summed E-state index contributed by atoms with van der Waals surface area (Å²) in [6.45, 7) is 7.72. The highest BCUT2D eigenvalue weighted by Crippen LogP contribution is 2.07. The van der Waals surface area contributed by atoms with Crippen molar-refractivity contribution in [2.75, 3.05) is 6.54 Å². The summed E-state index contributed by atoms with van der Waals surface area (Å²) in [6.07, 6.45) is 0. The van der Waals surface area contributed by atoms with Gasteiger partial charge in [-0.15, -0.1) is 12.4 Å². The van der Waals surface area contributed by atoms with Gasteiger partial charge in [-0.2, -0.15) is 0 Å². The Bertz CT molecular complexity index is 466. The zero-order valence-electron chi connectivity index (χ0n) is 12.4. The number of ether oxygens (including phenoxy) is 1. The standard InChI is InChI=1S/C15H21NO3.ClH/c1-11(17)13-7-5-6-12(8-13)9-16-10-14(18)19-15(2,3)4;/h5-8,16H,9-10H2,1-4H3;1H. The molecular formula is C15H22ClNO3. The maximum absolute atomic E-state index is 11.5. The molecule has 1 N–H and O–H groups in total. The largest absolute Gasteiger partial charge is 0.459 e. The van der Waals surface area contributed by atoms with Crippen molar-refractivity contribution in [1.29, 1.82) is 0 Å². The fourth-order valence-corrected chi connectivity index (χ4v) is 1.59. The molecule has 0 fully saturated rings. The highest BCUT2D eigenvalue weighted by molar-refractivity contribution is 5.94. The molecule has 0 aromatic heterocycles. The molecule has 20 heavy (non-hydrogen) atoms. The van der Waals surface area contributed by atoms with Crippen LogP contribution < -0.4 is 5.32 Å². The number of carbonyl (C=O) groups is 2. The predicted octanol–water partition coefficient (Wildman–Crippen LogP) is 2.74. The van der Waals surface area contributed by atoms with Crippen LogP contribution in [0.4, 0.5) is 0 Å². The molecule has 1 rings (SSSR count). The summed E-state index contributed by atoms with van der Waals surface area (Å²) < 4.78 is 5.18. The smallest absolute Gasteiger partial charge is 0.320 e. The molecule has 0 atom stereocenters. The second-order valence-corrected chi connectivity index (χ2v) is 5.45. The number of nitrogens with one attached hydrogen (secondary N) is 1. The molecule has 0 saturated heterocycles. The number of benzene rings is 1. The van der Waals surface area contributed by atoms with Crippen LogP contribution in [0.3, 0.4) is 0 Å². The van der Waals surface area contributed by atoms with Crippen molar-refractivity contribution in [2.45, 2.75) is 39.8 Å². The zero-order chi connectivity index (χ0) is 14.5. The second-order valence-electron chi connectivity index (χ2n) is 5.45. The van der Waals surface area contributed by atoms with Gasteiger partial charge in [0.25, 0.3) is 0 Å². The van der Waals surface area contributed by atoms with Crippen molar-refractivity contribution >= 4 is 24.2 Å². The third-order valence-corrected chi connectivity index (χ3v) is 2.35. The van der Waals surface area contributed by atoms with Crippen LogP contribution in [-0.2, 0) is 16.1 Å². The van der Waals surface area contributed by atoms with E-state index in [4.69, 9.17) is 4.74 Å². The van der Waals surface area contributed by atoms with Crippen LogP contribution >= 0.6 is 12.4 Å². The first kappa shape index (κ1) is 18.6. The molecule has 112 valence electrons. The van der Waals surface area contributed by atoms with Crippen LogP contribution in [0, 0.1) is 0 Å². The molecular weight excluding hydrogens is 278 g/mol. The van der Waals surface area contributed by atoms with Gasteiger partial charge in [-0.1, -0.05) is 18.2 Å². The summed E-state index contributed by atoms with van der Waals surface area (Å²) in [6, 6.07) is 7.35. The number of esters is 1. The molecule has 0 aliphatic heterocycles. The van der Waals surface area contributed by atoms with Gasteiger partial charge in [0, 0.05) is 12.1 Å². The van der Waals surface area contributed by atoms with Crippen LogP contribution in [-0.4, -0.2) is 23.9 Å². The Hall–Kier alpha value is -1.39. The van der Waals surface area contributed by atoms with E-state index in [0.29, 0.717) is 12.1 Å². The summed E-state index contributed by atoms with van der Waals surface area (Å²) in [7, 11) is 0. The van der Waals surface area contributed by atoms with Crippen molar-refractivity contribution in [2.24, 2.45) is 0 Å².